The number of benzene rings is 3. The summed E-state index contributed by atoms with van der Waals surface area (Å²) in [6.07, 6.45) is 1.81. The SMILES string of the molecule is CCOc1ccc(C(=O)NCC(=O)Nc2ccc(-n3ncc4ccccc43)cc2)cc1OCC. The van der Waals surface area contributed by atoms with E-state index in [-0.39, 0.29) is 18.4 Å². The number of aromatic nitrogens is 2. The number of anilines is 1. The van der Waals surface area contributed by atoms with Crippen molar-refractivity contribution in [3.63, 3.8) is 0 Å². The highest BCUT2D eigenvalue weighted by Crippen LogP contribution is 2.28. The van der Waals surface area contributed by atoms with Gasteiger partial charge in [0.1, 0.15) is 0 Å². The smallest absolute Gasteiger partial charge is 0.251 e. The Kier molecular flexibility index (Phi) is 7.07. The lowest BCUT2D eigenvalue weighted by Gasteiger charge is -2.12. The van der Waals surface area contributed by atoms with Crippen LogP contribution in [0.3, 0.4) is 0 Å². The fourth-order valence-electron chi connectivity index (χ4n) is 3.52. The van der Waals surface area contributed by atoms with Crippen LogP contribution in [0.25, 0.3) is 16.6 Å². The molecule has 0 fully saturated rings. The van der Waals surface area contributed by atoms with Crippen LogP contribution in [-0.4, -0.2) is 41.4 Å². The minimum Gasteiger partial charge on any atom is -0.490 e. The van der Waals surface area contributed by atoms with Gasteiger partial charge in [0.25, 0.3) is 5.91 Å². The maximum atomic E-state index is 12.5. The molecule has 3 aromatic carbocycles. The van der Waals surface area contributed by atoms with Gasteiger partial charge >= 0.3 is 0 Å². The summed E-state index contributed by atoms with van der Waals surface area (Å²) in [6, 6.07) is 20.2. The van der Waals surface area contributed by atoms with E-state index in [1.54, 1.807) is 30.3 Å². The van der Waals surface area contributed by atoms with Crippen LogP contribution < -0.4 is 20.1 Å². The molecular formula is C26H26N4O4. The molecule has 4 aromatic rings. The van der Waals surface area contributed by atoms with E-state index in [4.69, 9.17) is 9.47 Å². The van der Waals surface area contributed by atoms with E-state index in [2.05, 4.69) is 15.7 Å². The number of nitrogens with zero attached hydrogens (tertiary/aromatic N) is 2. The molecule has 8 heteroatoms. The fraction of sp³-hybridized carbons (Fsp3) is 0.192. The van der Waals surface area contributed by atoms with E-state index < -0.39 is 0 Å². The number of amides is 2. The second-order valence-electron chi connectivity index (χ2n) is 7.42. The first kappa shape index (κ1) is 22.8. The molecule has 174 valence electrons. The van der Waals surface area contributed by atoms with Gasteiger partial charge in [-0.15, -0.1) is 0 Å². The summed E-state index contributed by atoms with van der Waals surface area (Å²) < 4.78 is 12.9. The molecule has 8 nitrogen and oxygen atoms in total. The van der Waals surface area contributed by atoms with Crippen LogP contribution >= 0.6 is 0 Å². The number of carbonyl (C=O) groups is 2. The lowest BCUT2D eigenvalue weighted by molar-refractivity contribution is -0.115. The number of carbonyl (C=O) groups excluding carboxylic acids is 2. The third kappa shape index (κ3) is 5.17. The molecule has 0 aliphatic rings. The van der Waals surface area contributed by atoms with Crippen molar-refractivity contribution >= 4 is 28.4 Å². The van der Waals surface area contributed by atoms with E-state index in [1.807, 2.05) is 61.1 Å². The van der Waals surface area contributed by atoms with E-state index in [0.717, 1.165) is 16.6 Å². The normalized spacial score (nSPS) is 10.6. The van der Waals surface area contributed by atoms with Crippen molar-refractivity contribution in [3.8, 4) is 17.2 Å². The van der Waals surface area contributed by atoms with Gasteiger partial charge in [0, 0.05) is 16.6 Å². The summed E-state index contributed by atoms with van der Waals surface area (Å²) in [6.45, 7) is 4.51. The van der Waals surface area contributed by atoms with Crippen LogP contribution in [0.2, 0.25) is 0 Å². The number of hydrogen-bond acceptors (Lipinski definition) is 5. The van der Waals surface area contributed by atoms with Crippen molar-refractivity contribution < 1.29 is 19.1 Å². The lowest BCUT2D eigenvalue weighted by atomic mass is 10.2. The largest absolute Gasteiger partial charge is 0.490 e. The van der Waals surface area contributed by atoms with Gasteiger partial charge in [-0.1, -0.05) is 18.2 Å². The van der Waals surface area contributed by atoms with Gasteiger partial charge in [0.05, 0.1) is 37.2 Å². The van der Waals surface area contributed by atoms with Crippen molar-refractivity contribution in [2.45, 2.75) is 13.8 Å². The highest BCUT2D eigenvalue weighted by atomic mass is 16.5. The molecule has 0 saturated heterocycles. The second-order valence-corrected chi connectivity index (χ2v) is 7.42. The molecule has 0 aliphatic carbocycles. The van der Waals surface area contributed by atoms with E-state index in [9.17, 15) is 9.59 Å². The third-order valence-electron chi connectivity index (χ3n) is 5.09. The Balaban J connectivity index is 1.35. The molecular weight excluding hydrogens is 432 g/mol. The Morgan fingerprint density at radius 3 is 2.41 bits per heavy atom. The van der Waals surface area contributed by atoms with Crippen molar-refractivity contribution in [1.82, 2.24) is 15.1 Å². The first-order valence-corrected chi connectivity index (χ1v) is 11.1. The number of ether oxygens (including phenoxy) is 2. The van der Waals surface area contributed by atoms with E-state index in [0.29, 0.717) is 36.0 Å². The van der Waals surface area contributed by atoms with E-state index >= 15 is 0 Å². The summed E-state index contributed by atoms with van der Waals surface area (Å²) in [7, 11) is 0. The number of fused-ring (bicyclic) bond motifs is 1. The molecule has 0 spiro atoms. The monoisotopic (exact) mass is 458 g/mol. The average molecular weight is 459 g/mol. The van der Waals surface area contributed by atoms with Crippen LogP contribution in [0.4, 0.5) is 5.69 Å². The zero-order valence-corrected chi connectivity index (χ0v) is 19.1. The van der Waals surface area contributed by atoms with Gasteiger partial charge < -0.3 is 20.1 Å². The molecule has 2 N–H and O–H groups in total. The Morgan fingerprint density at radius 1 is 0.912 bits per heavy atom. The predicted molar refractivity (Wildman–Crippen MR) is 131 cm³/mol. The summed E-state index contributed by atoms with van der Waals surface area (Å²) in [5.41, 5.74) is 2.89. The number of nitrogens with one attached hydrogen (secondary N) is 2. The molecule has 0 radical (unpaired) electrons. The Hall–Kier alpha value is -4.33. The summed E-state index contributed by atoms with van der Waals surface area (Å²) in [5.74, 6) is 0.360. The van der Waals surface area contributed by atoms with Crippen LogP contribution in [0.15, 0.2) is 72.9 Å². The Labute approximate surface area is 197 Å². The summed E-state index contributed by atoms with van der Waals surface area (Å²) >= 11 is 0. The first-order valence-electron chi connectivity index (χ1n) is 11.1. The molecule has 0 atom stereocenters. The van der Waals surface area contributed by atoms with Gasteiger partial charge in [0.15, 0.2) is 11.5 Å². The van der Waals surface area contributed by atoms with Gasteiger partial charge in [-0.3, -0.25) is 9.59 Å². The Bertz CT molecular complexity index is 1300. The topological polar surface area (TPSA) is 94.5 Å². The molecule has 1 heterocycles. The second kappa shape index (κ2) is 10.5. The number of rotatable bonds is 9. The maximum absolute atomic E-state index is 12.5. The molecule has 0 saturated carbocycles. The zero-order valence-electron chi connectivity index (χ0n) is 19.1. The first-order chi connectivity index (χ1) is 16.6. The molecule has 34 heavy (non-hydrogen) atoms. The fourth-order valence-corrected chi connectivity index (χ4v) is 3.52. The molecule has 4 rings (SSSR count). The van der Waals surface area contributed by atoms with Crippen LogP contribution in [-0.2, 0) is 4.79 Å². The number of para-hydroxylation sites is 1. The summed E-state index contributed by atoms with van der Waals surface area (Å²) in [5, 5.41) is 10.9. The average Bonchev–Trinajstić information content (AvgIpc) is 3.29. The van der Waals surface area contributed by atoms with Crippen LogP contribution in [0.1, 0.15) is 24.2 Å². The van der Waals surface area contributed by atoms with Crippen molar-refractivity contribution in [1.29, 1.82) is 0 Å². The van der Waals surface area contributed by atoms with Gasteiger partial charge in [-0.2, -0.15) is 5.10 Å². The highest BCUT2D eigenvalue weighted by Gasteiger charge is 2.13. The van der Waals surface area contributed by atoms with Crippen molar-refractivity contribution in [2.75, 3.05) is 25.1 Å². The van der Waals surface area contributed by atoms with Crippen LogP contribution in [0, 0.1) is 0 Å². The molecule has 2 amide bonds. The van der Waals surface area contributed by atoms with Crippen LogP contribution in [0.5, 0.6) is 11.5 Å². The predicted octanol–water partition coefficient (Wildman–Crippen LogP) is 4.19. The maximum Gasteiger partial charge on any atom is 0.251 e. The molecule has 1 aromatic heterocycles. The highest BCUT2D eigenvalue weighted by molar-refractivity contribution is 5.99. The van der Waals surface area contributed by atoms with E-state index in [1.165, 1.54) is 0 Å². The van der Waals surface area contributed by atoms with Gasteiger partial charge in [0.2, 0.25) is 5.91 Å². The minimum atomic E-state index is -0.375. The quantitative estimate of drug-likeness (QED) is 0.392. The lowest BCUT2D eigenvalue weighted by Crippen LogP contribution is -2.32. The summed E-state index contributed by atoms with van der Waals surface area (Å²) in [4.78, 5) is 24.9. The number of hydrogen-bond donors (Lipinski definition) is 2. The standard InChI is InChI=1S/C26H26N4O4/c1-3-33-23-14-9-18(15-24(23)34-4-2)26(32)27-17-25(31)29-20-10-12-21(13-11-20)30-22-8-6-5-7-19(22)16-28-30/h5-16H,3-4,17H2,1-2H3,(H,27,32)(H,29,31). The van der Waals surface area contributed by atoms with Crippen molar-refractivity contribution in [3.05, 3.63) is 78.5 Å². The van der Waals surface area contributed by atoms with Gasteiger partial charge in [-0.05, 0) is 62.4 Å². The molecule has 0 unspecified atom stereocenters. The molecule has 0 bridgehead atoms. The third-order valence-corrected chi connectivity index (χ3v) is 5.09. The van der Waals surface area contributed by atoms with Crippen molar-refractivity contribution in [2.24, 2.45) is 0 Å². The Morgan fingerprint density at radius 2 is 1.65 bits per heavy atom. The zero-order chi connectivity index (χ0) is 23.9. The minimum absolute atomic E-state index is 0.165. The molecule has 0 aliphatic heterocycles. The van der Waals surface area contributed by atoms with Gasteiger partial charge in [-0.25, -0.2) is 4.68 Å².